The van der Waals surface area contributed by atoms with Gasteiger partial charge < -0.3 is 10.1 Å². The zero-order chi connectivity index (χ0) is 16.9. The molecule has 3 rings (SSSR count). The van der Waals surface area contributed by atoms with E-state index in [1.165, 1.54) is 29.0 Å². The van der Waals surface area contributed by atoms with Crippen LogP contribution in [-0.4, -0.2) is 17.5 Å². The van der Waals surface area contributed by atoms with Gasteiger partial charge >= 0.3 is 0 Å². The Labute approximate surface area is 143 Å². The van der Waals surface area contributed by atoms with E-state index in [1.54, 1.807) is 6.07 Å². The number of ether oxygens (including phenoxy) is 1. The normalized spacial score (nSPS) is 10.8. The maximum atomic E-state index is 13.2. The maximum absolute atomic E-state index is 13.2. The van der Waals surface area contributed by atoms with Crippen LogP contribution in [-0.2, 0) is 11.2 Å². The Hall–Kier alpha value is -2.47. The van der Waals surface area contributed by atoms with Gasteiger partial charge in [0.1, 0.15) is 11.6 Å². The van der Waals surface area contributed by atoms with E-state index in [4.69, 9.17) is 4.74 Å². The number of thiazole rings is 1. The minimum absolute atomic E-state index is 0.181. The van der Waals surface area contributed by atoms with E-state index < -0.39 is 0 Å². The highest BCUT2D eigenvalue weighted by Gasteiger charge is 2.09. The fraction of sp³-hybridized carbons (Fsp3) is 0.222. The van der Waals surface area contributed by atoms with Crippen molar-refractivity contribution in [1.29, 1.82) is 0 Å². The monoisotopic (exact) mass is 344 g/mol. The number of fused-ring (bicyclic) bond motifs is 1. The van der Waals surface area contributed by atoms with Crippen molar-refractivity contribution in [3.63, 3.8) is 0 Å². The molecule has 0 aliphatic rings. The predicted molar refractivity (Wildman–Crippen MR) is 94.1 cm³/mol. The van der Waals surface area contributed by atoms with Gasteiger partial charge in [-0.15, -0.1) is 0 Å². The molecule has 0 fully saturated rings. The van der Waals surface area contributed by atoms with Crippen molar-refractivity contribution in [3.8, 4) is 5.75 Å². The molecule has 0 bridgehead atoms. The number of anilines is 1. The van der Waals surface area contributed by atoms with E-state index in [-0.39, 0.29) is 24.8 Å². The lowest BCUT2D eigenvalue weighted by Gasteiger charge is -2.06. The Morgan fingerprint density at radius 3 is 2.79 bits per heavy atom. The summed E-state index contributed by atoms with van der Waals surface area (Å²) in [5.74, 6) is 0.252. The summed E-state index contributed by atoms with van der Waals surface area (Å²) < 4.78 is 19.4. The average Bonchev–Trinajstić information content (AvgIpc) is 2.96. The third kappa shape index (κ3) is 4.08. The van der Waals surface area contributed by atoms with Gasteiger partial charge in [0.15, 0.2) is 5.13 Å². The van der Waals surface area contributed by atoms with Gasteiger partial charge in [0.2, 0.25) is 5.91 Å². The number of nitrogens with one attached hydrogen (secondary N) is 1. The van der Waals surface area contributed by atoms with Gasteiger partial charge in [-0.05, 0) is 42.3 Å². The smallest absolute Gasteiger partial charge is 0.229 e. The van der Waals surface area contributed by atoms with Crippen LogP contribution < -0.4 is 10.1 Å². The number of hydrogen-bond acceptors (Lipinski definition) is 4. The molecule has 0 aliphatic heterocycles. The fourth-order valence-electron chi connectivity index (χ4n) is 2.22. The standard InChI is InChI=1S/C18H17FN2O2S/c1-2-12-3-6-14(7-4-12)23-10-9-17(22)21-18-20-15-8-5-13(19)11-16(15)24-18/h3-8,11H,2,9-10H2,1H3,(H,20,21,22). The van der Waals surface area contributed by atoms with Crippen LogP contribution in [0.1, 0.15) is 18.9 Å². The number of carbonyl (C=O) groups is 1. The number of nitrogens with zero attached hydrogens (tertiary/aromatic N) is 1. The van der Waals surface area contributed by atoms with Gasteiger partial charge in [0.25, 0.3) is 0 Å². The largest absolute Gasteiger partial charge is 0.493 e. The molecule has 0 unspecified atom stereocenters. The molecular formula is C18H17FN2O2S. The Kier molecular flexibility index (Phi) is 5.05. The summed E-state index contributed by atoms with van der Waals surface area (Å²) in [6, 6.07) is 12.2. The van der Waals surface area contributed by atoms with Crippen molar-refractivity contribution in [2.75, 3.05) is 11.9 Å². The highest BCUT2D eigenvalue weighted by molar-refractivity contribution is 7.22. The molecule has 124 valence electrons. The Bertz CT molecular complexity index is 846. The first-order valence-corrected chi connectivity index (χ1v) is 8.53. The zero-order valence-electron chi connectivity index (χ0n) is 13.2. The number of aryl methyl sites for hydroxylation is 1. The summed E-state index contributed by atoms with van der Waals surface area (Å²) in [4.78, 5) is 16.2. The SMILES string of the molecule is CCc1ccc(OCCC(=O)Nc2nc3ccc(F)cc3s2)cc1. The second-order valence-corrected chi connectivity index (χ2v) is 6.31. The topological polar surface area (TPSA) is 51.2 Å². The number of carbonyl (C=O) groups excluding carboxylic acids is 1. The van der Waals surface area contributed by atoms with Gasteiger partial charge in [-0.3, -0.25) is 4.79 Å². The summed E-state index contributed by atoms with van der Waals surface area (Å²) in [6.45, 7) is 2.38. The van der Waals surface area contributed by atoms with Crippen molar-refractivity contribution >= 4 is 32.6 Å². The summed E-state index contributed by atoms with van der Waals surface area (Å²) >= 11 is 1.25. The van der Waals surface area contributed by atoms with Crippen molar-refractivity contribution in [2.24, 2.45) is 0 Å². The van der Waals surface area contributed by atoms with Crippen LogP contribution in [0.5, 0.6) is 5.75 Å². The van der Waals surface area contributed by atoms with Crippen molar-refractivity contribution in [2.45, 2.75) is 19.8 Å². The van der Waals surface area contributed by atoms with Gasteiger partial charge in [0, 0.05) is 0 Å². The lowest BCUT2D eigenvalue weighted by molar-refractivity contribution is -0.116. The molecule has 1 amide bonds. The fourth-order valence-corrected chi connectivity index (χ4v) is 3.12. The lowest BCUT2D eigenvalue weighted by Crippen LogP contribution is -2.15. The molecule has 4 nitrogen and oxygen atoms in total. The first-order chi connectivity index (χ1) is 11.6. The van der Waals surface area contributed by atoms with Crippen LogP contribution in [0.3, 0.4) is 0 Å². The van der Waals surface area contributed by atoms with E-state index in [9.17, 15) is 9.18 Å². The number of aromatic nitrogens is 1. The van der Waals surface area contributed by atoms with E-state index in [0.29, 0.717) is 15.3 Å². The Balaban J connectivity index is 1.51. The minimum atomic E-state index is -0.313. The van der Waals surface area contributed by atoms with Gasteiger partial charge in [0.05, 0.1) is 23.2 Å². The van der Waals surface area contributed by atoms with E-state index in [1.807, 2.05) is 24.3 Å². The van der Waals surface area contributed by atoms with Crippen LogP contribution in [0.4, 0.5) is 9.52 Å². The Morgan fingerprint density at radius 2 is 2.04 bits per heavy atom. The molecule has 0 spiro atoms. The minimum Gasteiger partial charge on any atom is -0.493 e. The number of benzene rings is 2. The molecule has 1 heterocycles. The second kappa shape index (κ2) is 7.40. The third-order valence-corrected chi connectivity index (χ3v) is 4.46. The number of halogens is 1. The second-order valence-electron chi connectivity index (χ2n) is 5.28. The molecule has 0 atom stereocenters. The van der Waals surface area contributed by atoms with E-state index >= 15 is 0 Å². The molecule has 0 saturated heterocycles. The first kappa shape index (κ1) is 16.4. The van der Waals surface area contributed by atoms with Gasteiger partial charge in [-0.2, -0.15) is 0 Å². The molecule has 0 radical (unpaired) electrons. The molecular weight excluding hydrogens is 327 g/mol. The molecule has 0 saturated carbocycles. The summed E-state index contributed by atoms with van der Waals surface area (Å²) in [7, 11) is 0. The molecule has 1 N–H and O–H groups in total. The molecule has 3 aromatic rings. The van der Waals surface area contributed by atoms with Crippen molar-refractivity contribution in [3.05, 3.63) is 53.8 Å². The maximum Gasteiger partial charge on any atom is 0.229 e. The zero-order valence-corrected chi connectivity index (χ0v) is 14.0. The summed E-state index contributed by atoms with van der Waals surface area (Å²) in [5, 5.41) is 3.19. The average molecular weight is 344 g/mol. The van der Waals surface area contributed by atoms with Crippen LogP contribution >= 0.6 is 11.3 Å². The highest BCUT2D eigenvalue weighted by Crippen LogP contribution is 2.26. The summed E-state index contributed by atoms with van der Waals surface area (Å²) in [6.07, 6.45) is 1.20. The summed E-state index contributed by atoms with van der Waals surface area (Å²) in [5.41, 5.74) is 1.91. The molecule has 24 heavy (non-hydrogen) atoms. The van der Waals surface area contributed by atoms with Gasteiger partial charge in [-0.1, -0.05) is 30.4 Å². The predicted octanol–water partition coefficient (Wildman–Crippen LogP) is 4.41. The quantitative estimate of drug-likeness (QED) is 0.721. The molecule has 2 aromatic carbocycles. The van der Waals surface area contributed by atoms with Crippen LogP contribution in [0.2, 0.25) is 0 Å². The van der Waals surface area contributed by atoms with E-state index in [2.05, 4.69) is 17.2 Å². The number of amides is 1. The van der Waals surface area contributed by atoms with Crippen molar-refractivity contribution < 1.29 is 13.9 Å². The van der Waals surface area contributed by atoms with Crippen molar-refractivity contribution in [1.82, 2.24) is 4.98 Å². The number of rotatable bonds is 6. The van der Waals surface area contributed by atoms with E-state index in [0.717, 1.165) is 12.2 Å². The van der Waals surface area contributed by atoms with Gasteiger partial charge in [-0.25, -0.2) is 9.37 Å². The molecule has 1 aromatic heterocycles. The van der Waals surface area contributed by atoms with Crippen LogP contribution in [0.15, 0.2) is 42.5 Å². The lowest BCUT2D eigenvalue weighted by atomic mass is 10.2. The third-order valence-electron chi connectivity index (χ3n) is 3.53. The Morgan fingerprint density at radius 1 is 1.25 bits per heavy atom. The highest BCUT2D eigenvalue weighted by atomic mass is 32.1. The van der Waals surface area contributed by atoms with Crippen LogP contribution in [0.25, 0.3) is 10.2 Å². The number of hydrogen-bond donors (Lipinski definition) is 1. The first-order valence-electron chi connectivity index (χ1n) is 7.71. The van der Waals surface area contributed by atoms with Crippen LogP contribution in [0, 0.1) is 5.82 Å². The molecule has 0 aliphatic carbocycles. The molecule has 6 heteroatoms.